The molecule has 2 heterocycles. The predicted molar refractivity (Wildman–Crippen MR) is 132 cm³/mol. The van der Waals surface area contributed by atoms with Gasteiger partial charge in [0, 0.05) is 37.3 Å². The van der Waals surface area contributed by atoms with Crippen molar-refractivity contribution in [1.29, 1.82) is 0 Å². The number of halogens is 3. The fourth-order valence-electron chi connectivity index (χ4n) is 4.27. The summed E-state index contributed by atoms with van der Waals surface area (Å²) in [4.78, 5) is 21.7. The van der Waals surface area contributed by atoms with Crippen LogP contribution in [0.3, 0.4) is 0 Å². The number of hydrogen-bond donors (Lipinski definition) is 2. The summed E-state index contributed by atoms with van der Waals surface area (Å²) < 4.78 is 43.3. The van der Waals surface area contributed by atoms with Crippen LogP contribution >= 0.6 is 0 Å². The lowest BCUT2D eigenvalue weighted by Gasteiger charge is -2.23. The Morgan fingerprint density at radius 3 is 2.58 bits per heavy atom. The van der Waals surface area contributed by atoms with Gasteiger partial charge in [-0.2, -0.15) is 13.2 Å². The molecule has 7 nitrogen and oxygen atoms in total. The maximum atomic E-state index is 12.7. The molecule has 0 spiro atoms. The number of β-amino-alcohol motifs (C(OH)–C–C–N with tert-alkyl or cyclic N) is 1. The van der Waals surface area contributed by atoms with E-state index in [0.717, 1.165) is 67.0 Å². The van der Waals surface area contributed by atoms with Crippen molar-refractivity contribution in [2.75, 3.05) is 56.2 Å². The zero-order chi connectivity index (χ0) is 25.7. The molecule has 2 aromatic carbocycles. The summed E-state index contributed by atoms with van der Waals surface area (Å²) in [7, 11) is 0. The molecule has 4 rings (SSSR count). The summed E-state index contributed by atoms with van der Waals surface area (Å²) in [5.41, 5.74) is 1.65. The van der Waals surface area contributed by atoms with Gasteiger partial charge in [0.2, 0.25) is 0 Å². The minimum atomic E-state index is -4.42. The number of carbonyl (C=O) groups is 1. The first-order valence-electron chi connectivity index (χ1n) is 11.8. The molecule has 0 bridgehead atoms. The number of amides is 1. The maximum Gasteiger partial charge on any atom is 0.416 e. The Bertz CT molecular complexity index is 1200. The van der Waals surface area contributed by atoms with Gasteiger partial charge in [-0.1, -0.05) is 0 Å². The van der Waals surface area contributed by atoms with E-state index in [1.807, 2.05) is 25.1 Å². The maximum absolute atomic E-state index is 12.7. The minimum Gasteiger partial charge on any atom is -0.484 e. The van der Waals surface area contributed by atoms with E-state index in [1.165, 1.54) is 12.1 Å². The van der Waals surface area contributed by atoms with Crippen LogP contribution in [0.15, 0.2) is 48.5 Å². The molecule has 1 fully saturated rings. The van der Waals surface area contributed by atoms with Gasteiger partial charge in [-0.05, 0) is 74.0 Å². The van der Waals surface area contributed by atoms with Crippen molar-refractivity contribution < 1.29 is 27.8 Å². The van der Waals surface area contributed by atoms with E-state index < -0.39 is 17.6 Å². The smallest absolute Gasteiger partial charge is 0.416 e. The summed E-state index contributed by atoms with van der Waals surface area (Å²) in [6, 6.07) is 11.7. The molecule has 0 aliphatic carbocycles. The van der Waals surface area contributed by atoms with Gasteiger partial charge in [0.1, 0.15) is 11.6 Å². The summed E-state index contributed by atoms with van der Waals surface area (Å²) in [5, 5.41) is 12.9. The molecular weight excluding hydrogens is 473 g/mol. The van der Waals surface area contributed by atoms with Crippen molar-refractivity contribution in [3.05, 3.63) is 59.7 Å². The van der Waals surface area contributed by atoms with Crippen LogP contribution in [0.1, 0.15) is 17.5 Å². The Hall–Kier alpha value is -3.37. The number of fused-ring (bicyclic) bond motifs is 1. The molecule has 1 amide bonds. The third-order valence-corrected chi connectivity index (χ3v) is 6.17. The monoisotopic (exact) mass is 502 g/mol. The molecular formula is C26H29F3N4O3. The summed E-state index contributed by atoms with van der Waals surface area (Å²) in [6.07, 6.45) is -3.42. The zero-order valence-corrected chi connectivity index (χ0v) is 20.0. The van der Waals surface area contributed by atoms with Crippen LogP contribution in [-0.4, -0.2) is 66.8 Å². The highest BCUT2D eigenvalue weighted by Crippen LogP contribution is 2.30. The third-order valence-electron chi connectivity index (χ3n) is 6.17. The van der Waals surface area contributed by atoms with Crippen molar-refractivity contribution >= 4 is 28.3 Å². The van der Waals surface area contributed by atoms with Crippen LogP contribution in [-0.2, 0) is 11.0 Å². The van der Waals surface area contributed by atoms with E-state index in [2.05, 4.69) is 15.1 Å². The SMILES string of the molecule is Cc1cc(N2CCCN(CCO)CC2)nc2ccc(NC(=O)COc3ccc(C(F)(F)F)cc3)cc12. The highest BCUT2D eigenvalue weighted by atomic mass is 19.4. The number of benzene rings is 2. The summed E-state index contributed by atoms with van der Waals surface area (Å²) in [6.45, 7) is 6.08. The Labute approximate surface area is 207 Å². The van der Waals surface area contributed by atoms with E-state index in [4.69, 9.17) is 9.72 Å². The van der Waals surface area contributed by atoms with Crippen LogP contribution in [0.2, 0.25) is 0 Å². The topological polar surface area (TPSA) is 77.9 Å². The number of aromatic nitrogens is 1. The number of nitrogens with zero attached hydrogens (tertiary/aromatic N) is 3. The normalized spacial score (nSPS) is 15.1. The molecule has 10 heteroatoms. The van der Waals surface area contributed by atoms with Gasteiger partial charge in [0.05, 0.1) is 17.7 Å². The fraction of sp³-hybridized carbons (Fsp3) is 0.385. The fourth-order valence-corrected chi connectivity index (χ4v) is 4.27. The van der Waals surface area contributed by atoms with Gasteiger partial charge in [0.15, 0.2) is 6.61 Å². The van der Waals surface area contributed by atoms with E-state index >= 15 is 0 Å². The van der Waals surface area contributed by atoms with Crippen molar-refractivity contribution in [1.82, 2.24) is 9.88 Å². The van der Waals surface area contributed by atoms with Gasteiger partial charge in [-0.3, -0.25) is 9.69 Å². The molecule has 0 unspecified atom stereocenters. The van der Waals surface area contributed by atoms with E-state index in [1.54, 1.807) is 6.07 Å². The van der Waals surface area contributed by atoms with Gasteiger partial charge in [-0.25, -0.2) is 4.98 Å². The lowest BCUT2D eigenvalue weighted by atomic mass is 10.1. The van der Waals surface area contributed by atoms with E-state index in [-0.39, 0.29) is 19.0 Å². The number of rotatable bonds is 7. The van der Waals surface area contributed by atoms with Gasteiger partial charge in [-0.15, -0.1) is 0 Å². The summed E-state index contributed by atoms with van der Waals surface area (Å²) in [5.74, 6) is 0.665. The molecule has 36 heavy (non-hydrogen) atoms. The first-order valence-corrected chi connectivity index (χ1v) is 11.8. The lowest BCUT2D eigenvalue weighted by Crippen LogP contribution is -2.32. The Kier molecular flexibility index (Phi) is 7.95. The second kappa shape index (κ2) is 11.1. The number of aliphatic hydroxyl groups is 1. The highest BCUT2D eigenvalue weighted by Gasteiger charge is 2.30. The second-order valence-corrected chi connectivity index (χ2v) is 8.79. The van der Waals surface area contributed by atoms with Gasteiger partial charge >= 0.3 is 6.18 Å². The van der Waals surface area contributed by atoms with Crippen LogP contribution in [0.4, 0.5) is 24.7 Å². The number of hydrogen-bond acceptors (Lipinski definition) is 6. The van der Waals surface area contributed by atoms with Crippen LogP contribution in [0.25, 0.3) is 10.9 Å². The number of pyridine rings is 1. The van der Waals surface area contributed by atoms with Crippen LogP contribution in [0, 0.1) is 6.92 Å². The number of ether oxygens (including phenoxy) is 1. The largest absolute Gasteiger partial charge is 0.484 e. The minimum absolute atomic E-state index is 0.160. The standard InChI is InChI=1S/C26H29F3N4O3/c1-18-15-24(33-10-2-9-32(11-12-33)13-14-34)31-23-8-5-20(16-22(18)23)30-25(35)17-36-21-6-3-19(4-7-21)26(27,28)29/h3-8,15-16,34H,2,9-14,17H2,1H3,(H,30,35). The molecule has 0 radical (unpaired) electrons. The Morgan fingerprint density at radius 2 is 1.86 bits per heavy atom. The molecule has 2 N–H and O–H groups in total. The quantitative estimate of drug-likeness (QED) is 0.507. The van der Waals surface area contributed by atoms with Crippen LogP contribution in [0.5, 0.6) is 5.75 Å². The molecule has 0 saturated carbocycles. The number of carbonyl (C=O) groups excluding carboxylic acids is 1. The van der Waals surface area contributed by atoms with Crippen molar-refractivity contribution in [2.45, 2.75) is 19.5 Å². The molecule has 1 aromatic heterocycles. The second-order valence-electron chi connectivity index (χ2n) is 8.79. The first-order chi connectivity index (χ1) is 17.2. The summed E-state index contributed by atoms with van der Waals surface area (Å²) >= 11 is 0. The van der Waals surface area contributed by atoms with E-state index in [0.29, 0.717) is 12.2 Å². The molecule has 192 valence electrons. The first kappa shape index (κ1) is 25.7. The molecule has 1 aliphatic rings. The number of aryl methyl sites for hydroxylation is 1. The molecule has 1 aliphatic heterocycles. The Balaban J connectivity index is 1.38. The molecule has 1 saturated heterocycles. The van der Waals surface area contributed by atoms with E-state index in [9.17, 15) is 23.1 Å². The number of alkyl halides is 3. The van der Waals surface area contributed by atoms with Crippen molar-refractivity contribution in [3.8, 4) is 5.75 Å². The third kappa shape index (κ3) is 6.44. The van der Waals surface area contributed by atoms with Crippen LogP contribution < -0.4 is 15.0 Å². The molecule has 0 atom stereocenters. The number of aliphatic hydroxyl groups excluding tert-OH is 1. The average Bonchev–Trinajstić information content (AvgIpc) is 3.09. The Morgan fingerprint density at radius 1 is 1.08 bits per heavy atom. The molecule has 3 aromatic rings. The van der Waals surface area contributed by atoms with Crippen molar-refractivity contribution in [3.63, 3.8) is 0 Å². The van der Waals surface area contributed by atoms with Gasteiger partial charge in [0.25, 0.3) is 5.91 Å². The van der Waals surface area contributed by atoms with Crippen molar-refractivity contribution in [2.24, 2.45) is 0 Å². The average molecular weight is 503 g/mol. The number of nitrogens with one attached hydrogen (secondary N) is 1. The number of anilines is 2. The predicted octanol–water partition coefficient (Wildman–Crippen LogP) is 4.08. The lowest BCUT2D eigenvalue weighted by molar-refractivity contribution is -0.137. The van der Waals surface area contributed by atoms with Gasteiger partial charge < -0.3 is 20.1 Å². The highest BCUT2D eigenvalue weighted by molar-refractivity contribution is 5.95. The zero-order valence-electron chi connectivity index (χ0n) is 20.0.